The Balaban J connectivity index is 13.0. The van der Waals surface area contributed by atoms with Crippen LogP contribution in [0.5, 0.6) is 0 Å². The van der Waals surface area contributed by atoms with Crippen LogP contribution in [0.2, 0.25) is 0 Å². The summed E-state index contributed by atoms with van der Waals surface area (Å²) in [5.74, 6) is 0. The Labute approximate surface area is 437 Å². The minimum atomic E-state index is -5.86. The van der Waals surface area contributed by atoms with E-state index in [9.17, 15) is 0 Å². The normalized spacial score (nSPS) is 14.4. The molecule has 0 fully saturated rings. The van der Waals surface area contributed by atoms with Gasteiger partial charge < -0.3 is 0 Å². The monoisotopic (exact) mass is 1090 g/mol. The van der Waals surface area contributed by atoms with Crippen LogP contribution in [0, 0.1) is 0 Å². The molecule has 0 aromatic carbocycles. The van der Waals surface area contributed by atoms with E-state index in [1.807, 2.05) is 0 Å². The summed E-state index contributed by atoms with van der Waals surface area (Å²) in [4.78, 5) is 16.9. The molecule has 0 aliphatic rings. The number of rotatable bonds is 40. The summed E-state index contributed by atoms with van der Waals surface area (Å²) >= 11 is 0. The van der Waals surface area contributed by atoms with E-state index in [2.05, 4.69) is 222 Å². The fraction of sp³-hybridized carbons (Fsp3) is 1.00. The molecule has 0 unspecified atom stereocenters. The number of nitrogens with zero attached hydrogens (tertiary/aromatic N) is 16. The van der Waals surface area contributed by atoms with Crippen molar-refractivity contribution in [3.63, 3.8) is 0 Å². The predicted octanol–water partition coefficient (Wildman–Crippen LogP) is 14.0. The van der Waals surface area contributed by atoms with Crippen LogP contribution >= 0.6 is 37.5 Å². The Kier molecular flexibility index (Phi) is 34.3. The summed E-state index contributed by atoms with van der Waals surface area (Å²) in [6.45, 7) is 72.9. The van der Waals surface area contributed by atoms with Crippen molar-refractivity contribution in [3.05, 3.63) is 0 Å². The van der Waals surface area contributed by atoms with Crippen molar-refractivity contribution in [1.82, 2.24) is 56.0 Å². The van der Waals surface area contributed by atoms with E-state index in [4.69, 9.17) is 18.1 Å². The van der Waals surface area contributed by atoms with E-state index >= 15 is 4.89 Å². The average Bonchev–Trinajstić information content (AvgIpc) is 3.35. The van der Waals surface area contributed by atoms with Crippen LogP contribution < -0.4 is 0 Å². The molecule has 0 saturated heterocycles. The molecule has 17 nitrogen and oxygen atoms in total. The van der Waals surface area contributed by atoms with Crippen molar-refractivity contribution in [2.75, 3.05) is 157 Å². The zero-order valence-corrected chi connectivity index (χ0v) is 55.3. The van der Waals surface area contributed by atoms with Gasteiger partial charge in [-0.2, -0.15) is 0 Å². The molecule has 0 aromatic heterocycles. The molecule has 0 rings (SSSR count). The molecule has 0 amide bonds. The Hall–Kier alpha value is 0.830. The van der Waals surface area contributed by atoms with Gasteiger partial charge in [0, 0.05) is 0 Å². The van der Waals surface area contributed by atoms with Crippen LogP contribution in [0.4, 0.5) is 0 Å². The molecule has 0 aromatic rings. The first-order chi connectivity index (χ1) is 33.4. The Morgan fingerprint density at radius 2 is 0.271 bits per heavy atom. The third-order valence-corrected chi connectivity index (χ3v) is 39.3. The standard InChI is InChI=1S/C48H121N16OP5/c1-25-53(26-2)66(54(27-3)28-4,55(29-5)30-6)49-70(65,50-67(56(31-7)32-8,57(33-9)34-10)58(35-11)36-12,51-68(59(37-13)38-14,60(39-15)40-16)61(41-17)42-18)52-69(62(43-19)44-20,63(45-21)46-22)64(47-23)48-24/h65H,25-48H2,1-24H3. The van der Waals surface area contributed by atoms with Gasteiger partial charge in [0.2, 0.25) is 0 Å². The molecule has 0 bridgehead atoms. The molecule has 0 radical (unpaired) electrons. The summed E-state index contributed by atoms with van der Waals surface area (Å²) in [5, 5.41) is 0. The number of hydrogen-bond donors (Lipinski definition) is 1. The Morgan fingerprint density at radius 1 is 0.200 bits per heavy atom. The van der Waals surface area contributed by atoms with Gasteiger partial charge in [0.25, 0.3) is 0 Å². The molecule has 22 heteroatoms. The topological polar surface area (TPSA) is 109 Å². The van der Waals surface area contributed by atoms with Crippen molar-refractivity contribution < 1.29 is 4.89 Å². The Morgan fingerprint density at radius 3 is 0.329 bits per heavy atom. The summed E-state index contributed by atoms with van der Waals surface area (Å²) in [7, 11) is -18.5. The van der Waals surface area contributed by atoms with Gasteiger partial charge in [-0.05, 0) is 0 Å². The van der Waals surface area contributed by atoms with Crippen molar-refractivity contribution in [1.29, 1.82) is 0 Å². The number of hydrogen-bond acceptors (Lipinski definition) is 5. The first-order valence-corrected chi connectivity index (χ1v) is 37.2. The molecule has 0 heterocycles. The Bertz CT molecular complexity index is 1240. The maximum absolute atomic E-state index is 16.9. The zero-order chi connectivity index (χ0) is 54.2. The molecule has 0 atom stereocenters. The molecule has 70 heavy (non-hydrogen) atoms. The molecule has 0 aliphatic carbocycles. The second kappa shape index (κ2) is 33.9. The van der Waals surface area contributed by atoms with E-state index < -0.39 is 37.5 Å². The summed E-state index contributed by atoms with van der Waals surface area (Å²) < 4.78 is 58.6. The van der Waals surface area contributed by atoms with Crippen molar-refractivity contribution in [2.24, 2.45) is 18.1 Å². The van der Waals surface area contributed by atoms with Gasteiger partial charge in [0.1, 0.15) is 0 Å². The van der Waals surface area contributed by atoms with Crippen LogP contribution in [0.3, 0.4) is 0 Å². The van der Waals surface area contributed by atoms with Crippen LogP contribution in [0.1, 0.15) is 166 Å². The minimum absolute atomic E-state index is 0.751. The summed E-state index contributed by atoms with van der Waals surface area (Å²) in [6, 6.07) is 0. The van der Waals surface area contributed by atoms with E-state index in [0.29, 0.717) is 0 Å². The van der Waals surface area contributed by atoms with Gasteiger partial charge in [-0.25, -0.2) is 0 Å². The molecule has 424 valence electrons. The summed E-state index contributed by atoms with van der Waals surface area (Å²) in [5.41, 5.74) is 0. The molecule has 0 spiro atoms. The van der Waals surface area contributed by atoms with E-state index in [1.54, 1.807) is 0 Å². The van der Waals surface area contributed by atoms with E-state index in [0.717, 1.165) is 157 Å². The molecule has 0 saturated carbocycles. The summed E-state index contributed by atoms with van der Waals surface area (Å²) in [6.07, 6.45) is 0. The van der Waals surface area contributed by atoms with Crippen LogP contribution in [-0.2, 0) is 0 Å². The van der Waals surface area contributed by atoms with E-state index in [-0.39, 0.29) is 0 Å². The van der Waals surface area contributed by atoms with Crippen LogP contribution in [0.25, 0.3) is 0 Å². The van der Waals surface area contributed by atoms with Gasteiger partial charge in [-0.3, -0.25) is 0 Å². The maximum atomic E-state index is 16.9. The first-order valence-electron chi connectivity index (χ1n) is 28.8. The van der Waals surface area contributed by atoms with Gasteiger partial charge in [0.05, 0.1) is 0 Å². The van der Waals surface area contributed by atoms with Crippen LogP contribution in [0.15, 0.2) is 18.1 Å². The van der Waals surface area contributed by atoms with Gasteiger partial charge in [-0.15, -0.1) is 0 Å². The molecular weight excluding hydrogens is 972 g/mol. The average molecular weight is 1090 g/mol. The molecule has 1 N–H and O–H groups in total. The first kappa shape index (κ1) is 70.8. The zero-order valence-electron chi connectivity index (χ0n) is 50.8. The van der Waals surface area contributed by atoms with Gasteiger partial charge >= 0.3 is 440 Å². The van der Waals surface area contributed by atoms with Crippen molar-refractivity contribution in [3.8, 4) is 0 Å². The third-order valence-electron chi connectivity index (χ3n) is 14.4. The van der Waals surface area contributed by atoms with Crippen molar-refractivity contribution >= 4 is 37.5 Å². The van der Waals surface area contributed by atoms with Gasteiger partial charge in [0.15, 0.2) is 0 Å². The molecule has 0 aliphatic heterocycles. The second-order valence-electron chi connectivity index (χ2n) is 17.1. The predicted molar refractivity (Wildman–Crippen MR) is 322 cm³/mol. The third kappa shape index (κ3) is 14.3. The SMILES string of the molecule is CCN(CC)P(=NP(O)(N=P(N(CC)CC)(N(CC)CC)N(CC)CC)(N=P(N(CC)CC)(N(CC)CC)N(CC)CC)N=P(N(CC)CC)(N(CC)CC)N(CC)CC)(N(CC)CC)N(CC)CC. The van der Waals surface area contributed by atoms with Gasteiger partial charge in [-0.1, -0.05) is 0 Å². The fourth-order valence-corrected chi connectivity index (χ4v) is 39.5. The van der Waals surface area contributed by atoms with Crippen LogP contribution in [-0.4, -0.2) is 218 Å². The van der Waals surface area contributed by atoms with Crippen molar-refractivity contribution in [2.45, 2.75) is 166 Å². The second-order valence-corrected chi connectivity index (χ2v) is 32.8. The quantitative estimate of drug-likeness (QED) is 0.0589. The molecular formula is C48H121N16OP5. The van der Waals surface area contributed by atoms with E-state index in [1.165, 1.54) is 0 Å². The fourth-order valence-electron chi connectivity index (χ4n) is 11.0.